The minimum absolute atomic E-state index is 0.0562. The van der Waals surface area contributed by atoms with Gasteiger partial charge in [-0.2, -0.15) is 0 Å². The zero-order valence-electron chi connectivity index (χ0n) is 7.95. The van der Waals surface area contributed by atoms with Gasteiger partial charge in [-0.3, -0.25) is 4.79 Å². The van der Waals surface area contributed by atoms with E-state index in [-0.39, 0.29) is 5.56 Å². The molecule has 0 atom stereocenters. The molecule has 0 unspecified atom stereocenters. The lowest BCUT2D eigenvalue weighted by atomic mass is 10.4. The zero-order valence-corrected chi connectivity index (χ0v) is 7.95. The Morgan fingerprint density at radius 3 is 3.07 bits per heavy atom. The van der Waals surface area contributed by atoms with Crippen molar-refractivity contribution in [2.45, 2.75) is 25.8 Å². The first-order valence-corrected chi connectivity index (χ1v) is 4.83. The maximum atomic E-state index is 11.2. The Morgan fingerprint density at radius 1 is 1.57 bits per heavy atom. The molecule has 14 heavy (non-hydrogen) atoms. The van der Waals surface area contributed by atoms with Gasteiger partial charge in [0.15, 0.2) is 0 Å². The molecule has 0 aromatic carbocycles. The molecular formula is C10H11N3O. The summed E-state index contributed by atoms with van der Waals surface area (Å²) in [5, 5.41) is 0. The molecule has 1 aliphatic carbocycles. The van der Waals surface area contributed by atoms with Gasteiger partial charge in [0.1, 0.15) is 11.3 Å². The number of rotatable bonds is 1. The average molecular weight is 189 g/mol. The van der Waals surface area contributed by atoms with Gasteiger partial charge in [-0.05, 0) is 19.8 Å². The minimum Gasteiger partial charge on any atom is -0.327 e. The third-order valence-corrected chi connectivity index (χ3v) is 2.68. The van der Waals surface area contributed by atoms with E-state index in [1.165, 1.54) is 12.8 Å². The van der Waals surface area contributed by atoms with E-state index in [9.17, 15) is 4.79 Å². The fourth-order valence-electron chi connectivity index (χ4n) is 1.93. The number of aromatic amines is 1. The van der Waals surface area contributed by atoms with Crippen LogP contribution in [0.2, 0.25) is 0 Å². The normalized spacial score (nSPS) is 16.4. The Hall–Kier alpha value is -1.58. The van der Waals surface area contributed by atoms with Crippen LogP contribution in [0.3, 0.4) is 0 Å². The second-order valence-electron chi connectivity index (χ2n) is 3.83. The van der Waals surface area contributed by atoms with Crippen molar-refractivity contribution in [1.29, 1.82) is 0 Å². The average Bonchev–Trinajstić information content (AvgIpc) is 2.90. The van der Waals surface area contributed by atoms with Gasteiger partial charge in [-0.1, -0.05) is 0 Å². The third kappa shape index (κ3) is 0.999. The second-order valence-corrected chi connectivity index (χ2v) is 3.83. The van der Waals surface area contributed by atoms with Crippen molar-refractivity contribution in [2.75, 3.05) is 0 Å². The molecular weight excluding hydrogens is 178 g/mol. The number of nitrogens with zero attached hydrogens (tertiary/aromatic N) is 2. The van der Waals surface area contributed by atoms with Crippen molar-refractivity contribution in [3.8, 4) is 0 Å². The van der Waals surface area contributed by atoms with Gasteiger partial charge in [-0.25, -0.2) is 4.98 Å². The van der Waals surface area contributed by atoms with Crippen LogP contribution in [0.5, 0.6) is 0 Å². The number of pyridine rings is 1. The van der Waals surface area contributed by atoms with Crippen molar-refractivity contribution in [2.24, 2.45) is 0 Å². The second kappa shape index (κ2) is 2.47. The highest BCUT2D eigenvalue weighted by Gasteiger charge is 2.26. The Morgan fingerprint density at radius 2 is 2.36 bits per heavy atom. The molecule has 4 nitrogen and oxygen atoms in total. The molecule has 0 amide bonds. The molecule has 1 saturated carbocycles. The highest BCUT2D eigenvalue weighted by molar-refractivity contribution is 5.74. The molecule has 3 rings (SSSR count). The fraction of sp³-hybridized carbons (Fsp3) is 0.400. The van der Waals surface area contributed by atoms with Gasteiger partial charge in [0, 0.05) is 18.3 Å². The molecule has 2 heterocycles. The maximum absolute atomic E-state index is 11.2. The van der Waals surface area contributed by atoms with Crippen LogP contribution < -0.4 is 5.56 Å². The highest BCUT2D eigenvalue weighted by atomic mass is 16.1. The lowest BCUT2D eigenvalue weighted by molar-refractivity contribution is 0.733. The molecule has 0 aliphatic heterocycles. The minimum atomic E-state index is -0.0562. The number of fused-ring (bicyclic) bond motifs is 1. The van der Waals surface area contributed by atoms with Crippen LogP contribution in [0.25, 0.3) is 11.0 Å². The lowest BCUT2D eigenvalue weighted by Crippen LogP contribution is -2.04. The quantitative estimate of drug-likeness (QED) is 0.736. The van der Waals surface area contributed by atoms with E-state index < -0.39 is 0 Å². The summed E-state index contributed by atoms with van der Waals surface area (Å²) in [6.45, 7) is 1.99. The molecule has 4 heteroatoms. The Balaban J connectivity index is 2.39. The standard InChI is InChI=1S/C10H11N3O/c1-6-12-8-5-11-10(14)4-9(8)13(6)7-2-3-7/h4-5,7H,2-3H2,1H3,(H,11,14). The molecule has 2 aromatic rings. The number of hydrogen-bond donors (Lipinski definition) is 1. The van der Waals surface area contributed by atoms with Crippen LogP contribution in [0.15, 0.2) is 17.1 Å². The van der Waals surface area contributed by atoms with Crippen molar-refractivity contribution >= 4 is 11.0 Å². The summed E-state index contributed by atoms with van der Waals surface area (Å²) in [5.74, 6) is 1.00. The van der Waals surface area contributed by atoms with E-state index in [2.05, 4.69) is 14.5 Å². The van der Waals surface area contributed by atoms with E-state index in [1.807, 2.05) is 6.92 Å². The molecule has 1 aliphatic rings. The van der Waals surface area contributed by atoms with E-state index in [1.54, 1.807) is 12.3 Å². The predicted molar refractivity (Wildman–Crippen MR) is 53.4 cm³/mol. The van der Waals surface area contributed by atoms with Gasteiger partial charge in [-0.15, -0.1) is 0 Å². The summed E-state index contributed by atoms with van der Waals surface area (Å²) in [4.78, 5) is 18.2. The Kier molecular flexibility index (Phi) is 1.37. The van der Waals surface area contributed by atoms with Crippen molar-refractivity contribution in [1.82, 2.24) is 14.5 Å². The summed E-state index contributed by atoms with van der Waals surface area (Å²) >= 11 is 0. The first-order chi connectivity index (χ1) is 6.75. The number of hydrogen-bond acceptors (Lipinski definition) is 2. The Bertz CT molecular complexity index is 548. The van der Waals surface area contributed by atoms with Crippen LogP contribution >= 0.6 is 0 Å². The first-order valence-electron chi connectivity index (χ1n) is 4.83. The van der Waals surface area contributed by atoms with Gasteiger partial charge in [0.25, 0.3) is 0 Å². The number of H-pyrrole nitrogens is 1. The van der Waals surface area contributed by atoms with Gasteiger partial charge < -0.3 is 9.55 Å². The number of imidazole rings is 1. The van der Waals surface area contributed by atoms with Gasteiger partial charge in [0.2, 0.25) is 5.56 Å². The van der Waals surface area contributed by atoms with Crippen LogP contribution in [0.4, 0.5) is 0 Å². The summed E-state index contributed by atoms with van der Waals surface area (Å²) in [5.41, 5.74) is 1.79. The predicted octanol–water partition coefficient (Wildman–Crippen LogP) is 1.37. The van der Waals surface area contributed by atoms with Crippen LogP contribution in [-0.4, -0.2) is 14.5 Å². The number of aryl methyl sites for hydroxylation is 1. The van der Waals surface area contributed by atoms with Crippen molar-refractivity contribution in [3.63, 3.8) is 0 Å². The van der Waals surface area contributed by atoms with Gasteiger partial charge >= 0.3 is 0 Å². The number of aromatic nitrogens is 3. The first kappa shape index (κ1) is 7.79. The highest BCUT2D eigenvalue weighted by Crippen LogP contribution is 2.37. The Labute approximate surface area is 80.6 Å². The van der Waals surface area contributed by atoms with E-state index in [0.29, 0.717) is 6.04 Å². The monoisotopic (exact) mass is 189 g/mol. The molecule has 72 valence electrons. The summed E-state index contributed by atoms with van der Waals surface area (Å²) in [6, 6.07) is 2.20. The molecule has 1 N–H and O–H groups in total. The van der Waals surface area contributed by atoms with Crippen LogP contribution in [-0.2, 0) is 0 Å². The van der Waals surface area contributed by atoms with E-state index >= 15 is 0 Å². The summed E-state index contributed by atoms with van der Waals surface area (Å²) in [7, 11) is 0. The van der Waals surface area contributed by atoms with Crippen LogP contribution in [0.1, 0.15) is 24.7 Å². The maximum Gasteiger partial charge on any atom is 0.250 e. The molecule has 0 spiro atoms. The van der Waals surface area contributed by atoms with Crippen LogP contribution in [0, 0.1) is 6.92 Å². The molecule has 0 saturated heterocycles. The summed E-state index contributed by atoms with van der Waals surface area (Å²) in [6.07, 6.45) is 4.10. The smallest absolute Gasteiger partial charge is 0.250 e. The largest absolute Gasteiger partial charge is 0.327 e. The van der Waals surface area contributed by atoms with E-state index in [0.717, 1.165) is 16.9 Å². The number of nitrogens with one attached hydrogen (secondary N) is 1. The SMILES string of the molecule is Cc1nc2c[nH]c(=O)cc2n1C1CC1. The van der Waals surface area contributed by atoms with E-state index in [4.69, 9.17) is 0 Å². The molecule has 0 bridgehead atoms. The lowest BCUT2D eigenvalue weighted by Gasteiger charge is -2.02. The third-order valence-electron chi connectivity index (χ3n) is 2.68. The summed E-state index contributed by atoms with van der Waals surface area (Å²) < 4.78 is 2.17. The molecule has 0 radical (unpaired) electrons. The zero-order chi connectivity index (χ0) is 9.71. The molecule has 2 aromatic heterocycles. The molecule has 1 fully saturated rings. The fourth-order valence-corrected chi connectivity index (χ4v) is 1.93. The van der Waals surface area contributed by atoms with Crippen molar-refractivity contribution in [3.05, 3.63) is 28.4 Å². The topological polar surface area (TPSA) is 50.7 Å². The van der Waals surface area contributed by atoms with Crippen molar-refractivity contribution < 1.29 is 0 Å². The van der Waals surface area contributed by atoms with Gasteiger partial charge in [0.05, 0.1) is 5.52 Å².